The van der Waals surface area contributed by atoms with E-state index in [1.165, 1.54) is 6.42 Å². The van der Waals surface area contributed by atoms with Gasteiger partial charge in [0.05, 0.1) is 5.75 Å². The summed E-state index contributed by atoms with van der Waals surface area (Å²) in [6, 6.07) is 7.88. The van der Waals surface area contributed by atoms with Crippen LogP contribution in [0.2, 0.25) is 0 Å². The molecular weight excluding hydrogens is 272 g/mol. The fourth-order valence-electron chi connectivity index (χ4n) is 2.69. The second kappa shape index (κ2) is 7.20. The van der Waals surface area contributed by atoms with Crippen LogP contribution in [0.3, 0.4) is 0 Å². The third-order valence-corrected chi connectivity index (χ3v) is 5.12. The van der Waals surface area contributed by atoms with E-state index in [1.54, 1.807) is 0 Å². The van der Waals surface area contributed by atoms with Gasteiger partial charge in [-0.25, -0.2) is 13.1 Å². The zero-order chi connectivity index (χ0) is 14.4. The topological polar surface area (TPSA) is 58.2 Å². The van der Waals surface area contributed by atoms with Crippen LogP contribution in [0.1, 0.15) is 43.2 Å². The first-order chi connectivity index (χ1) is 9.59. The molecule has 2 N–H and O–H groups in total. The van der Waals surface area contributed by atoms with Crippen molar-refractivity contribution in [2.24, 2.45) is 0 Å². The molecule has 1 aliphatic rings. The van der Waals surface area contributed by atoms with E-state index in [0.717, 1.165) is 43.4 Å². The van der Waals surface area contributed by atoms with Crippen LogP contribution in [0.25, 0.3) is 0 Å². The van der Waals surface area contributed by atoms with Crippen molar-refractivity contribution in [1.82, 2.24) is 10.0 Å². The molecule has 0 bridgehead atoms. The quantitative estimate of drug-likeness (QED) is 0.846. The summed E-state index contributed by atoms with van der Waals surface area (Å²) in [5.41, 5.74) is 2.00. The average molecular weight is 296 g/mol. The molecule has 1 fully saturated rings. The molecule has 0 unspecified atom stereocenters. The van der Waals surface area contributed by atoms with Crippen LogP contribution in [0.4, 0.5) is 0 Å². The summed E-state index contributed by atoms with van der Waals surface area (Å²) in [6.45, 7) is 0.799. The fraction of sp³-hybridized carbons (Fsp3) is 0.600. The number of benzene rings is 1. The Balaban J connectivity index is 1.93. The van der Waals surface area contributed by atoms with E-state index < -0.39 is 10.0 Å². The minimum absolute atomic E-state index is 0.0728. The van der Waals surface area contributed by atoms with Crippen LogP contribution in [0, 0.1) is 0 Å². The van der Waals surface area contributed by atoms with Crippen molar-refractivity contribution in [3.05, 3.63) is 35.4 Å². The van der Waals surface area contributed by atoms with E-state index >= 15 is 0 Å². The van der Waals surface area contributed by atoms with Crippen molar-refractivity contribution in [2.75, 3.05) is 7.05 Å². The Kier molecular flexibility index (Phi) is 5.57. The highest BCUT2D eigenvalue weighted by Crippen LogP contribution is 2.19. The van der Waals surface area contributed by atoms with Gasteiger partial charge >= 0.3 is 0 Å². The Bertz CT molecular complexity index is 505. The number of hydrogen-bond acceptors (Lipinski definition) is 3. The molecule has 0 spiro atoms. The predicted molar refractivity (Wildman–Crippen MR) is 81.8 cm³/mol. The Morgan fingerprint density at radius 1 is 1.05 bits per heavy atom. The molecule has 2 rings (SSSR count). The van der Waals surface area contributed by atoms with Crippen LogP contribution in [-0.2, 0) is 22.3 Å². The lowest BCUT2D eigenvalue weighted by Crippen LogP contribution is -2.36. The van der Waals surface area contributed by atoms with E-state index in [0.29, 0.717) is 0 Å². The zero-order valence-electron chi connectivity index (χ0n) is 12.1. The molecule has 1 aromatic carbocycles. The van der Waals surface area contributed by atoms with Gasteiger partial charge in [0.1, 0.15) is 0 Å². The summed E-state index contributed by atoms with van der Waals surface area (Å²) < 4.78 is 27.2. The second-order valence-electron chi connectivity index (χ2n) is 5.56. The number of nitrogens with one attached hydrogen (secondary N) is 2. The molecule has 0 atom stereocenters. The Labute approximate surface area is 122 Å². The summed E-state index contributed by atoms with van der Waals surface area (Å²) in [7, 11) is -1.33. The van der Waals surface area contributed by atoms with Crippen LogP contribution in [0.15, 0.2) is 24.3 Å². The van der Waals surface area contributed by atoms with Gasteiger partial charge in [-0.05, 0) is 31.0 Å². The maximum Gasteiger partial charge on any atom is 0.216 e. The summed E-state index contributed by atoms with van der Waals surface area (Å²) in [5, 5.41) is 3.08. The molecule has 1 aliphatic carbocycles. The molecular formula is C15H24N2O2S. The molecule has 0 saturated heterocycles. The minimum atomic E-state index is -3.23. The third kappa shape index (κ3) is 4.89. The van der Waals surface area contributed by atoms with Crippen molar-refractivity contribution >= 4 is 10.0 Å². The van der Waals surface area contributed by atoms with Crippen LogP contribution >= 0.6 is 0 Å². The van der Waals surface area contributed by atoms with Crippen LogP contribution < -0.4 is 10.0 Å². The van der Waals surface area contributed by atoms with E-state index in [4.69, 9.17) is 0 Å². The largest absolute Gasteiger partial charge is 0.316 e. The highest BCUT2D eigenvalue weighted by atomic mass is 32.2. The fourth-order valence-corrected chi connectivity index (χ4v) is 4.15. The van der Waals surface area contributed by atoms with Gasteiger partial charge in [-0.2, -0.15) is 0 Å². The molecule has 0 aromatic heterocycles. The average Bonchev–Trinajstić information content (AvgIpc) is 2.41. The van der Waals surface area contributed by atoms with Gasteiger partial charge in [-0.3, -0.25) is 0 Å². The van der Waals surface area contributed by atoms with Crippen molar-refractivity contribution < 1.29 is 8.42 Å². The first-order valence-corrected chi connectivity index (χ1v) is 8.97. The Hall–Kier alpha value is -0.910. The molecule has 0 aliphatic heterocycles. The van der Waals surface area contributed by atoms with Crippen molar-refractivity contribution in [3.8, 4) is 0 Å². The molecule has 0 radical (unpaired) electrons. The van der Waals surface area contributed by atoms with Crippen molar-refractivity contribution in [1.29, 1.82) is 0 Å². The van der Waals surface area contributed by atoms with Gasteiger partial charge in [0.2, 0.25) is 10.0 Å². The summed E-state index contributed by atoms with van der Waals surface area (Å²) >= 11 is 0. The number of hydrogen-bond donors (Lipinski definition) is 2. The molecule has 1 aromatic rings. The van der Waals surface area contributed by atoms with E-state index in [9.17, 15) is 8.42 Å². The molecule has 4 nitrogen and oxygen atoms in total. The van der Waals surface area contributed by atoms with Gasteiger partial charge in [0.25, 0.3) is 0 Å². The lowest BCUT2D eigenvalue weighted by atomic mass is 9.96. The summed E-state index contributed by atoms with van der Waals surface area (Å²) in [6.07, 6.45) is 5.43. The highest BCUT2D eigenvalue weighted by Gasteiger charge is 2.20. The maximum absolute atomic E-state index is 12.2. The van der Waals surface area contributed by atoms with Gasteiger partial charge in [0, 0.05) is 12.6 Å². The number of sulfonamides is 1. The molecule has 0 amide bonds. The van der Waals surface area contributed by atoms with Crippen LogP contribution in [0.5, 0.6) is 0 Å². The molecule has 0 heterocycles. The normalized spacial score (nSPS) is 17.2. The maximum atomic E-state index is 12.2. The molecule has 5 heteroatoms. The van der Waals surface area contributed by atoms with Gasteiger partial charge in [0.15, 0.2) is 0 Å². The minimum Gasteiger partial charge on any atom is -0.316 e. The Morgan fingerprint density at radius 2 is 1.65 bits per heavy atom. The highest BCUT2D eigenvalue weighted by molar-refractivity contribution is 7.88. The molecule has 1 saturated carbocycles. The van der Waals surface area contributed by atoms with E-state index in [1.807, 2.05) is 31.3 Å². The standard InChI is InChI=1S/C15H24N2O2S/c1-16-11-13-7-9-14(10-8-13)12-20(18,19)17-15-5-3-2-4-6-15/h7-10,15-17H,2-6,11-12H2,1H3. The monoisotopic (exact) mass is 296 g/mol. The van der Waals surface area contributed by atoms with Gasteiger partial charge in [-0.15, -0.1) is 0 Å². The lowest BCUT2D eigenvalue weighted by molar-refractivity contribution is 0.412. The van der Waals surface area contributed by atoms with E-state index in [-0.39, 0.29) is 11.8 Å². The first-order valence-electron chi connectivity index (χ1n) is 7.31. The lowest BCUT2D eigenvalue weighted by Gasteiger charge is -2.22. The van der Waals surface area contributed by atoms with Gasteiger partial charge < -0.3 is 5.32 Å². The second-order valence-corrected chi connectivity index (χ2v) is 7.31. The van der Waals surface area contributed by atoms with Crippen molar-refractivity contribution in [3.63, 3.8) is 0 Å². The van der Waals surface area contributed by atoms with E-state index in [2.05, 4.69) is 10.0 Å². The smallest absolute Gasteiger partial charge is 0.216 e. The summed E-state index contributed by atoms with van der Waals surface area (Å²) in [5.74, 6) is 0.0728. The predicted octanol–water partition coefficient (Wildman–Crippen LogP) is 2.16. The van der Waals surface area contributed by atoms with Crippen LogP contribution in [-0.4, -0.2) is 21.5 Å². The first kappa shape index (κ1) is 15.5. The third-order valence-electron chi connectivity index (χ3n) is 3.71. The molecule has 112 valence electrons. The summed E-state index contributed by atoms with van der Waals surface area (Å²) in [4.78, 5) is 0. The number of rotatable bonds is 6. The molecule has 20 heavy (non-hydrogen) atoms. The van der Waals surface area contributed by atoms with Gasteiger partial charge in [-0.1, -0.05) is 43.5 Å². The van der Waals surface area contributed by atoms with Crippen molar-refractivity contribution in [2.45, 2.75) is 50.4 Å². The zero-order valence-corrected chi connectivity index (χ0v) is 12.9. The SMILES string of the molecule is CNCc1ccc(CS(=O)(=O)NC2CCCCC2)cc1. The Morgan fingerprint density at radius 3 is 2.25 bits per heavy atom.